The molecule has 2 rings (SSSR count). The number of alkyl halides is 3. The Kier molecular flexibility index (Phi) is 3.56. The van der Waals surface area contributed by atoms with Gasteiger partial charge in [-0.1, -0.05) is 13.0 Å². The van der Waals surface area contributed by atoms with Crippen molar-refractivity contribution in [3.8, 4) is 0 Å². The molecule has 104 valence electrons. The maximum absolute atomic E-state index is 14.1. The van der Waals surface area contributed by atoms with E-state index in [4.69, 9.17) is 4.74 Å². The molecule has 5 heteroatoms. The number of rotatable bonds is 1. The molecule has 1 heterocycles. The molecule has 0 fully saturated rings. The van der Waals surface area contributed by atoms with Crippen molar-refractivity contribution in [3.63, 3.8) is 0 Å². The van der Waals surface area contributed by atoms with Crippen LogP contribution in [0.2, 0.25) is 0 Å². The SMILES string of the molecule is Cc1ccc(C2=CCC(C)CO2)c(F)c1C(F)(F)F. The Hall–Kier alpha value is -1.52. The van der Waals surface area contributed by atoms with E-state index in [0.29, 0.717) is 18.9 Å². The molecule has 0 spiro atoms. The van der Waals surface area contributed by atoms with E-state index in [1.165, 1.54) is 19.1 Å². The number of allylic oxidation sites excluding steroid dienone is 1. The molecule has 0 N–H and O–H groups in total. The summed E-state index contributed by atoms with van der Waals surface area (Å²) in [6.45, 7) is 3.59. The topological polar surface area (TPSA) is 9.23 Å². The molecule has 0 radical (unpaired) electrons. The van der Waals surface area contributed by atoms with Gasteiger partial charge in [0, 0.05) is 0 Å². The van der Waals surface area contributed by atoms with Crippen LogP contribution in [0.5, 0.6) is 0 Å². The first-order valence-corrected chi connectivity index (χ1v) is 6.00. The summed E-state index contributed by atoms with van der Waals surface area (Å²) in [5.41, 5.74) is -1.46. The third-order valence-electron chi connectivity index (χ3n) is 3.13. The average molecular weight is 274 g/mol. The Bertz CT molecular complexity index is 517. The summed E-state index contributed by atoms with van der Waals surface area (Å²) in [6.07, 6.45) is -2.39. The Labute approximate surface area is 108 Å². The second-order valence-corrected chi connectivity index (χ2v) is 4.84. The molecular weight excluding hydrogens is 260 g/mol. The van der Waals surface area contributed by atoms with E-state index >= 15 is 0 Å². The first kappa shape index (κ1) is 13.9. The second kappa shape index (κ2) is 4.87. The van der Waals surface area contributed by atoms with Crippen LogP contribution in [-0.4, -0.2) is 6.61 Å². The van der Waals surface area contributed by atoms with Crippen molar-refractivity contribution >= 4 is 5.76 Å². The molecule has 0 aliphatic carbocycles. The van der Waals surface area contributed by atoms with Crippen molar-refractivity contribution < 1.29 is 22.3 Å². The van der Waals surface area contributed by atoms with Crippen LogP contribution in [0, 0.1) is 18.7 Å². The molecule has 1 nitrogen and oxygen atoms in total. The first-order chi connectivity index (χ1) is 8.80. The smallest absolute Gasteiger partial charge is 0.419 e. The van der Waals surface area contributed by atoms with Gasteiger partial charge in [0.2, 0.25) is 0 Å². The summed E-state index contributed by atoms with van der Waals surface area (Å²) < 4.78 is 57.8. The molecule has 1 unspecified atom stereocenters. The predicted molar refractivity (Wildman–Crippen MR) is 63.8 cm³/mol. The van der Waals surface area contributed by atoms with Gasteiger partial charge in [0.1, 0.15) is 11.6 Å². The van der Waals surface area contributed by atoms with Crippen molar-refractivity contribution in [2.45, 2.75) is 26.4 Å². The van der Waals surface area contributed by atoms with E-state index < -0.39 is 17.6 Å². The summed E-state index contributed by atoms with van der Waals surface area (Å²) in [4.78, 5) is 0. The first-order valence-electron chi connectivity index (χ1n) is 6.00. The Morgan fingerprint density at radius 3 is 2.47 bits per heavy atom. The van der Waals surface area contributed by atoms with Gasteiger partial charge in [-0.3, -0.25) is 0 Å². The maximum Gasteiger partial charge on any atom is 0.419 e. The summed E-state index contributed by atoms with van der Waals surface area (Å²) in [5, 5.41) is 0. The van der Waals surface area contributed by atoms with E-state index in [0.717, 1.165) is 0 Å². The number of aryl methyl sites for hydroxylation is 1. The molecule has 1 aromatic rings. The molecule has 0 amide bonds. The summed E-state index contributed by atoms with van der Waals surface area (Å²) in [6, 6.07) is 2.60. The Balaban J connectivity index is 2.49. The predicted octanol–water partition coefficient (Wildman–Crippen LogP) is 4.55. The van der Waals surface area contributed by atoms with Gasteiger partial charge in [0.15, 0.2) is 0 Å². The van der Waals surface area contributed by atoms with Gasteiger partial charge in [-0.05, 0) is 37.0 Å². The van der Waals surface area contributed by atoms with E-state index in [1.54, 1.807) is 6.08 Å². The van der Waals surface area contributed by atoms with E-state index in [9.17, 15) is 17.6 Å². The molecule has 1 atom stereocenters. The van der Waals surface area contributed by atoms with E-state index in [-0.39, 0.29) is 16.9 Å². The second-order valence-electron chi connectivity index (χ2n) is 4.84. The highest BCUT2D eigenvalue weighted by atomic mass is 19.4. The highest BCUT2D eigenvalue weighted by molar-refractivity contribution is 5.62. The molecule has 1 aliphatic rings. The van der Waals surface area contributed by atoms with Crippen molar-refractivity contribution in [1.29, 1.82) is 0 Å². The van der Waals surface area contributed by atoms with Crippen LogP contribution < -0.4 is 0 Å². The summed E-state index contributed by atoms with van der Waals surface area (Å²) in [7, 11) is 0. The number of hydrogen-bond donors (Lipinski definition) is 0. The number of ether oxygens (including phenoxy) is 1. The highest BCUT2D eigenvalue weighted by Gasteiger charge is 2.37. The number of hydrogen-bond acceptors (Lipinski definition) is 1. The van der Waals surface area contributed by atoms with Gasteiger partial charge in [-0.2, -0.15) is 13.2 Å². The monoisotopic (exact) mass is 274 g/mol. The fraction of sp³-hybridized carbons (Fsp3) is 0.429. The van der Waals surface area contributed by atoms with Crippen LogP contribution >= 0.6 is 0 Å². The standard InChI is InChI=1S/C14H14F4O/c1-8-3-6-11(19-7-8)10-5-4-9(2)12(13(10)15)14(16,17)18/h4-6,8H,3,7H2,1-2H3. The van der Waals surface area contributed by atoms with Crippen LogP contribution in [0.4, 0.5) is 17.6 Å². The van der Waals surface area contributed by atoms with Crippen molar-refractivity contribution in [2.75, 3.05) is 6.61 Å². The molecule has 0 saturated carbocycles. The van der Waals surface area contributed by atoms with Crippen LogP contribution in [0.25, 0.3) is 5.76 Å². The minimum Gasteiger partial charge on any atom is -0.493 e. The lowest BCUT2D eigenvalue weighted by Crippen LogP contribution is -2.15. The Morgan fingerprint density at radius 2 is 1.95 bits per heavy atom. The van der Waals surface area contributed by atoms with Crippen LogP contribution in [0.3, 0.4) is 0 Å². The molecular formula is C14H14F4O. The van der Waals surface area contributed by atoms with Crippen LogP contribution in [0.15, 0.2) is 18.2 Å². The fourth-order valence-electron chi connectivity index (χ4n) is 2.07. The highest BCUT2D eigenvalue weighted by Crippen LogP contribution is 2.37. The van der Waals surface area contributed by atoms with Crippen LogP contribution in [0.1, 0.15) is 30.0 Å². The van der Waals surface area contributed by atoms with Gasteiger partial charge in [-0.15, -0.1) is 0 Å². The average Bonchev–Trinajstić information content (AvgIpc) is 2.29. The van der Waals surface area contributed by atoms with Gasteiger partial charge in [0.05, 0.1) is 17.7 Å². The molecule has 0 bridgehead atoms. The summed E-state index contributed by atoms with van der Waals surface area (Å²) >= 11 is 0. The lowest BCUT2D eigenvalue weighted by molar-refractivity contribution is -0.140. The third-order valence-corrected chi connectivity index (χ3v) is 3.13. The lowest BCUT2D eigenvalue weighted by Gasteiger charge is -2.22. The van der Waals surface area contributed by atoms with Gasteiger partial charge < -0.3 is 4.74 Å². The zero-order valence-electron chi connectivity index (χ0n) is 10.6. The minimum absolute atomic E-state index is 0.121. The zero-order valence-corrected chi connectivity index (χ0v) is 10.6. The maximum atomic E-state index is 14.1. The van der Waals surface area contributed by atoms with Crippen molar-refractivity contribution in [3.05, 3.63) is 40.7 Å². The Morgan fingerprint density at radius 1 is 1.26 bits per heavy atom. The number of halogens is 4. The quantitative estimate of drug-likeness (QED) is 0.683. The van der Waals surface area contributed by atoms with Gasteiger partial charge >= 0.3 is 6.18 Å². The van der Waals surface area contributed by atoms with Crippen LogP contribution in [-0.2, 0) is 10.9 Å². The third kappa shape index (κ3) is 2.74. The number of benzene rings is 1. The molecule has 0 saturated heterocycles. The minimum atomic E-state index is -4.70. The van der Waals surface area contributed by atoms with Crippen molar-refractivity contribution in [2.24, 2.45) is 5.92 Å². The van der Waals surface area contributed by atoms with Gasteiger partial charge in [0.25, 0.3) is 0 Å². The molecule has 19 heavy (non-hydrogen) atoms. The van der Waals surface area contributed by atoms with Crippen molar-refractivity contribution in [1.82, 2.24) is 0 Å². The van der Waals surface area contributed by atoms with E-state index in [1.807, 2.05) is 6.92 Å². The van der Waals surface area contributed by atoms with E-state index in [2.05, 4.69) is 0 Å². The lowest BCUT2D eigenvalue weighted by atomic mass is 9.99. The van der Waals surface area contributed by atoms with Gasteiger partial charge in [-0.25, -0.2) is 4.39 Å². The zero-order chi connectivity index (χ0) is 14.2. The molecule has 0 aromatic heterocycles. The summed E-state index contributed by atoms with van der Waals surface area (Å²) in [5.74, 6) is -0.770. The largest absolute Gasteiger partial charge is 0.493 e. The fourth-order valence-corrected chi connectivity index (χ4v) is 2.07. The molecule has 1 aromatic carbocycles. The normalized spacial score (nSPS) is 19.9. The molecule has 1 aliphatic heterocycles.